The van der Waals surface area contributed by atoms with Gasteiger partial charge in [0.15, 0.2) is 0 Å². The summed E-state index contributed by atoms with van der Waals surface area (Å²) in [5.74, 6) is 4.61. The van der Waals surface area contributed by atoms with Crippen LogP contribution in [0, 0.1) is 11.8 Å². The number of nitrogens with one attached hydrogen (secondary N) is 1. The molecule has 1 aliphatic carbocycles. The molecule has 0 saturated heterocycles. The van der Waals surface area contributed by atoms with E-state index in [2.05, 4.69) is 10.4 Å². The lowest BCUT2D eigenvalue weighted by atomic mass is 9.77. The minimum atomic E-state index is -4.05. The second-order valence-electron chi connectivity index (χ2n) is 5.06. The van der Waals surface area contributed by atoms with E-state index in [9.17, 15) is 13.2 Å². The highest BCUT2D eigenvalue weighted by Gasteiger charge is 2.42. The summed E-state index contributed by atoms with van der Waals surface area (Å²) in [5, 5.41) is 2.87. The molecule has 2 rings (SSSR count). The molecule has 0 radical (unpaired) electrons. The van der Waals surface area contributed by atoms with Crippen molar-refractivity contribution >= 4 is 11.3 Å². The van der Waals surface area contributed by atoms with Crippen LogP contribution in [0.4, 0.5) is 13.2 Å². The van der Waals surface area contributed by atoms with Crippen molar-refractivity contribution in [2.24, 2.45) is 17.7 Å². The number of nitrogens with zero attached hydrogens (tertiary/aromatic N) is 1. The smallest absolute Gasteiger partial charge is 0.271 e. The average Bonchev–Trinajstić information content (AvgIpc) is 2.88. The number of aromatic nitrogens is 1. The maximum absolute atomic E-state index is 12.6. The van der Waals surface area contributed by atoms with E-state index < -0.39 is 12.1 Å². The molecule has 0 bridgehead atoms. The van der Waals surface area contributed by atoms with Gasteiger partial charge in [-0.3, -0.25) is 11.3 Å². The first-order chi connectivity index (χ1) is 9.00. The fourth-order valence-electron chi connectivity index (χ4n) is 2.75. The van der Waals surface area contributed by atoms with E-state index >= 15 is 0 Å². The highest BCUT2D eigenvalue weighted by atomic mass is 32.1. The molecule has 0 spiro atoms. The molecular formula is C12H18F3N3S. The number of alkyl halides is 3. The molecule has 0 amide bonds. The van der Waals surface area contributed by atoms with Crippen molar-refractivity contribution in [3.63, 3.8) is 0 Å². The Morgan fingerprint density at radius 2 is 2.05 bits per heavy atom. The Labute approximate surface area is 114 Å². The van der Waals surface area contributed by atoms with E-state index in [1.54, 1.807) is 17.5 Å². The maximum Gasteiger partial charge on any atom is 0.391 e. The van der Waals surface area contributed by atoms with Crippen LogP contribution in [0.2, 0.25) is 0 Å². The van der Waals surface area contributed by atoms with Crippen LogP contribution in [0.15, 0.2) is 11.6 Å². The summed E-state index contributed by atoms with van der Waals surface area (Å²) in [6.45, 7) is 0. The van der Waals surface area contributed by atoms with Crippen LogP contribution in [0.3, 0.4) is 0 Å². The first kappa shape index (κ1) is 14.7. The summed E-state index contributed by atoms with van der Waals surface area (Å²) in [5.41, 5.74) is 2.75. The van der Waals surface area contributed by atoms with Gasteiger partial charge in [0, 0.05) is 24.0 Å². The van der Waals surface area contributed by atoms with Gasteiger partial charge in [0.05, 0.1) is 10.9 Å². The Bertz CT molecular complexity index is 372. The van der Waals surface area contributed by atoms with Crippen molar-refractivity contribution in [2.45, 2.75) is 44.3 Å². The maximum atomic E-state index is 12.6. The summed E-state index contributed by atoms with van der Waals surface area (Å²) < 4.78 is 37.8. The second kappa shape index (κ2) is 6.19. The predicted octanol–water partition coefficient (Wildman–Crippen LogP) is 2.89. The summed E-state index contributed by atoms with van der Waals surface area (Å²) >= 11 is 1.55. The fraction of sp³-hybridized carbons (Fsp3) is 0.750. The van der Waals surface area contributed by atoms with E-state index in [1.165, 1.54) is 0 Å². The molecule has 7 heteroatoms. The molecule has 1 atom stereocenters. The Hall–Kier alpha value is -0.660. The highest BCUT2D eigenvalue weighted by Crippen LogP contribution is 2.40. The van der Waals surface area contributed by atoms with Crippen LogP contribution in [0.5, 0.6) is 0 Å². The van der Waals surface area contributed by atoms with Gasteiger partial charge >= 0.3 is 6.18 Å². The van der Waals surface area contributed by atoms with E-state index in [1.807, 2.05) is 5.38 Å². The second-order valence-corrected chi connectivity index (χ2v) is 6.04. The Balaban J connectivity index is 1.88. The van der Waals surface area contributed by atoms with Crippen LogP contribution >= 0.6 is 11.3 Å². The molecule has 19 heavy (non-hydrogen) atoms. The van der Waals surface area contributed by atoms with E-state index in [4.69, 9.17) is 5.84 Å². The van der Waals surface area contributed by atoms with Gasteiger partial charge in [-0.2, -0.15) is 13.2 Å². The largest absolute Gasteiger partial charge is 0.391 e. The third kappa shape index (κ3) is 3.90. The molecule has 3 N–H and O–H groups in total. The molecule has 1 heterocycles. The molecule has 0 aromatic carbocycles. The number of rotatable bonds is 4. The van der Waals surface area contributed by atoms with E-state index in [0.717, 1.165) is 5.01 Å². The van der Waals surface area contributed by atoms with Crippen molar-refractivity contribution in [2.75, 3.05) is 0 Å². The van der Waals surface area contributed by atoms with Gasteiger partial charge in [0.2, 0.25) is 0 Å². The van der Waals surface area contributed by atoms with Gasteiger partial charge in [0.25, 0.3) is 0 Å². The molecule has 1 aromatic heterocycles. The van der Waals surface area contributed by atoms with E-state index in [0.29, 0.717) is 19.3 Å². The SMILES string of the molecule is NNC(Cc1nccs1)C1CCC(C(F)(F)F)CC1. The zero-order valence-corrected chi connectivity index (χ0v) is 11.3. The van der Waals surface area contributed by atoms with Crippen LogP contribution in [-0.2, 0) is 6.42 Å². The Morgan fingerprint density at radius 3 is 2.53 bits per heavy atom. The van der Waals surface area contributed by atoms with Gasteiger partial charge in [0.1, 0.15) is 0 Å². The summed E-state index contributed by atoms with van der Waals surface area (Å²) in [7, 11) is 0. The Morgan fingerprint density at radius 1 is 1.37 bits per heavy atom. The molecule has 1 aromatic rings. The molecule has 108 valence electrons. The van der Waals surface area contributed by atoms with Crippen molar-refractivity contribution in [3.8, 4) is 0 Å². The lowest BCUT2D eigenvalue weighted by Crippen LogP contribution is -2.44. The van der Waals surface area contributed by atoms with Crippen molar-refractivity contribution < 1.29 is 13.2 Å². The van der Waals surface area contributed by atoms with Crippen LogP contribution in [0.1, 0.15) is 30.7 Å². The van der Waals surface area contributed by atoms with Crippen molar-refractivity contribution in [1.29, 1.82) is 0 Å². The number of thiazole rings is 1. The summed E-state index contributed by atoms with van der Waals surface area (Å²) in [6, 6.07) is 0.0142. The summed E-state index contributed by atoms with van der Waals surface area (Å²) in [6.07, 6.45) is -0.0567. The lowest BCUT2D eigenvalue weighted by molar-refractivity contribution is -0.184. The number of nitrogens with two attached hydrogens (primary N) is 1. The zero-order chi connectivity index (χ0) is 13.9. The van der Waals surface area contributed by atoms with Gasteiger partial charge in [-0.1, -0.05) is 0 Å². The first-order valence-corrected chi connectivity index (χ1v) is 7.30. The van der Waals surface area contributed by atoms with Gasteiger partial charge < -0.3 is 0 Å². The first-order valence-electron chi connectivity index (χ1n) is 6.42. The molecule has 1 aliphatic rings. The number of hydrogen-bond donors (Lipinski definition) is 2. The minimum Gasteiger partial charge on any atom is -0.271 e. The summed E-state index contributed by atoms with van der Waals surface area (Å²) in [4.78, 5) is 4.20. The number of hydrogen-bond acceptors (Lipinski definition) is 4. The number of halogens is 3. The third-order valence-corrected chi connectivity index (χ3v) is 4.70. The Kier molecular flexibility index (Phi) is 4.81. The van der Waals surface area contributed by atoms with Gasteiger partial charge in [-0.25, -0.2) is 4.98 Å². The van der Waals surface area contributed by atoms with Gasteiger partial charge in [-0.05, 0) is 31.6 Å². The molecule has 3 nitrogen and oxygen atoms in total. The molecule has 1 fully saturated rings. The van der Waals surface area contributed by atoms with Crippen LogP contribution in [0.25, 0.3) is 0 Å². The topological polar surface area (TPSA) is 50.9 Å². The monoisotopic (exact) mass is 293 g/mol. The number of hydrazine groups is 1. The lowest BCUT2D eigenvalue weighted by Gasteiger charge is -2.34. The average molecular weight is 293 g/mol. The molecule has 1 unspecified atom stereocenters. The molecule has 1 saturated carbocycles. The highest BCUT2D eigenvalue weighted by molar-refractivity contribution is 7.09. The fourth-order valence-corrected chi connectivity index (χ4v) is 3.43. The third-order valence-electron chi connectivity index (χ3n) is 3.90. The standard InChI is InChI=1S/C12H18F3N3S/c13-12(14,15)9-3-1-8(2-4-9)10(18-16)7-11-17-5-6-19-11/h5-6,8-10,18H,1-4,7,16H2. The normalized spacial score (nSPS) is 26.3. The van der Waals surface area contributed by atoms with Crippen molar-refractivity contribution in [3.05, 3.63) is 16.6 Å². The predicted molar refractivity (Wildman–Crippen MR) is 68.4 cm³/mol. The zero-order valence-electron chi connectivity index (χ0n) is 10.5. The molecular weight excluding hydrogens is 275 g/mol. The van der Waals surface area contributed by atoms with E-state index in [-0.39, 0.29) is 24.8 Å². The van der Waals surface area contributed by atoms with Crippen LogP contribution in [-0.4, -0.2) is 17.2 Å². The van der Waals surface area contributed by atoms with Crippen LogP contribution < -0.4 is 11.3 Å². The van der Waals surface area contributed by atoms with Gasteiger partial charge in [-0.15, -0.1) is 11.3 Å². The quantitative estimate of drug-likeness (QED) is 0.663. The minimum absolute atomic E-state index is 0.0142. The molecule has 0 aliphatic heterocycles. The van der Waals surface area contributed by atoms with Crippen molar-refractivity contribution in [1.82, 2.24) is 10.4 Å².